The number of ketones is 1. The maximum atomic E-state index is 12.2. The summed E-state index contributed by atoms with van der Waals surface area (Å²) in [4.78, 5) is 36.4. The Morgan fingerprint density at radius 1 is 1.10 bits per heavy atom. The van der Waals surface area contributed by atoms with Crippen molar-refractivity contribution in [3.05, 3.63) is 23.8 Å². The van der Waals surface area contributed by atoms with Gasteiger partial charge in [-0.3, -0.25) is 14.4 Å². The van der Waals surface area contributed by atoms with Crippen LogP contribution < -0.4 is 0 Å². The summed E-state index contributed by atoms with van der Waals surface area (Å²) < 4.78 is 11.6. The van der Waals surface area contributed by atoms with E-state index in [1.807, 2.05) is 19.9 Å². The number of ether oxygens (including phenoxy) is 2. The Balaban J connectivity index is 1.67. The molecule has 0 aliphatic heterocycles. The molecule has 0 heterocycles. The Hall–Kier alpha value is -1.91. The maximum absolute atomic E-state index is 12.2. The standard InChI is InChI=1S/C26H36O5/c1-5-23(28)30-15-26-12-9-17(27)14-21(26)16(3)13-18-19-7-8-22(31-24(29)6-2)25(19,4)11-10-20(18)26/h9,12,14,16,18-20,22H,5-8,10-11,13,15H2,1-4H3/t16-,18-,19-,20-,22-,25-,26-/m0/s1. The first-order valence-electron chi connectivity index (χ1n) is 12.1. The second kappa shape index (κ2) is 8.22. The fraction of sp³-hybridized carbons (Fsp3) is 0.731. The van der Waals surface area contributed by atoms with E-state index in [4.69, 9.17) is 9.47 Å². The molecule has 4 aliphatic rings. The number of hydrogen-bond acceptors (Lipinski definition) is 5. The van der Waals surface area contributed by atoms with Gasteiger partial charge in [-0.05, 0) is 73.5 Å². The normalized spacial score (nSPS) is 41.0. The molecule has 0 unspecified atom stereocenters. The third kappa shape index (κ3) is 3.58. The van der Waals surface area contributed by atoms with E-state index in [0.29, 0.717) is 37.2 Å². The maximum Gasteiger partial charge on any atom is 0.305 e. The molecule has 3 saturated carbocycles. The third-order valence-electron chi connectivity index (χ3n) is 8.87. The van der Waals surface area contributed by atoms with Gasteiger partial charge in [-0.1, -0.05) is 33.8 Å². The second-order valence-corrected chi connectivity index (χ2v) is 10.4. The van der Waals surface area contributed by atoms with E-state index in [-0.39, 0.29) is 40.6 Å². The lowest BCUT2D eigenvalue weighted by atomic mass is 9.46. The van der Waals surface area contributed by atoms with Crippen molar-refractivity contribution in [2.45, 2.75) is 78.7 Å². The number of rotatable bonds is 5. The van der Waals surface area contributed by atoms with Gasteiger partial charge in [0, 0.05) is 23.7 Å². The SMILES string of the molecule is CCC(=O)OC[C@]12C=CC(=O)C=C1[C@@H](C)C[C@H]1[C@@H]3CC[C@H](OC(=O)CC)[C@@]3(C)CC[C@@H]12. The minimum Gasteiger partial charge on any atom is -0.464 e. The Morgan fingerprint density at radius 3 is 2.55 bits per heavy atom. The molecule has 0 aromatic carbocycles. The summed E-state index contributed by atoms with van der Waals surface area (Å²) in [5.74, 6) is 1.28. The minimum absolute atomic E-state index is 0.00240. The van der Waals surface area contributed by atoms with Gasteiger partial charge in [0.15, 0.2) is 5.78 Å². The predicted octanol–water partition coefficient (Wildman–Crippen LogP) is 4.80. The van der Waals surface area contributed by atoms with E-state index >= 15 is 0 Å². The lowest BCUT2D eigenvalue weighted by Gasteiger charge is -2.58. The first kappa shape index (κ1) is 22.3. The van der Waals surface area contributed by atoms with Gasteiger partial charge >= 0.3 is 11.9 Å². The van der Waals surface area contributed by atoms with Crippen LogP contribution >= 0.6 is 0 Å². The molecular formula is C26H36O5. The van der Waals surface area contributed by atoms with Crippen molar-refractivity contribution < 1.29 is 23.9 Å². The highest BCUT2D eigenvalue weighted by Crippen LogP contribution is 2.66. The van der Waals surface area contributed by atoms with E-state index in [9.17, 15) is 14.4 Å². The molecule has 170 valence electrons. The van der Waals surface area contributed by atoms with Gasteiger partial charge < -0.3 is 9.47 Å². The van der Waals surface area contributed by atoms with Gasteiger partial charge in [0.1, 0.15) is 12.7 Å². The van der Waals surface area contributed by atoms with E-state index < -0.39 is 0 Å². The van der Waals surface area contributed by atoms with Gasteiger partial charge in [-0.15, -0.1) is 0 Å². The van der Waals surface area contributed by atoms with Crippen molar-refractivity contribution in [3.8, 4) is 0 Å². The monoisotopic (exact) mass is 428 g/mol. The van der Waals surface area contributed by atoms with Crippen molar-refractivity contribution in [1.29, 1.82) is 0 Å². The van der Waals surface area contributed by atoms with Crippen LogP contribution in [0.25, 0.3) is 0 Å². The number of carbonyl (C=O) groups excluding carboxylic acids is 3. The molecule has 4 rings (SSSR count). The molecule has 0 saturated heterocycles. The Kier molecular flexibility index (Phi) is 5.91. The van der Waals surface area contributed by atoms with Crippen LogP contribution in [0.1, 0.15) is 72.6 Å². The van der Waals surface area contributed by atoms with E-state index in [1.165, 1.54) is 0 Å². The zero-order chi connectivity index (χ0) is 22.4. The van der Waals surface area contributed by atoms with E-state index in [2.05, 4.69) is 13.8 Å². The number of allylic oxidation sites excluding steroid dienone is 2. The van der Waals surface area contributed by atoms with Crippen LogP contribution in [0.4, 0.5) is 0 Å². The van der Waals surface area contributed by atoms with Crippen molar-refractivity contribution >= 4 is 17.7 Å². The topological polar surface area (TPSA) is 69.7 Å². The number of esters is 2. The minimum atomic E-state index is -0.388. The molecule has 4 aliphatic carbocycles. The molecule has 3 fully saturated rings. The molecule has 0 spiro atoms. The Labute approximate surface area is 185 Å². The summed E-state index contributed by atoms with van der Waals surface area (Å²) in [7, 11) is 0. The van der Waals surface area contributed by atoms with Crippen molar-refractivity contribution in [3.63, 3.8) is 0 Å². The van der Waals surface area contributed by atoms with Gasteiger partial charge in [0.2, 0.25) is 0 Å². The fourth-order valence-electron chi connectivity index (χ4n) is 7.32. The van der Waals surface area contributed by atoms with Gasteiger partial charge in [0.25, 0.3) is 0 Å². The predicted molar refractivity (Wildman–Crippen MR) is 117 cm³/mol. The van der Waals surface area contributed by atoms with Gasteiger partial charge in [-0.25, -0.2) is 0 Å². The van der Waals surface area contributed by atoms with Gasteiger partial charge in [0.05, 0.1) is 0 Å². The average Bonchev–Trinajstić information content (AvgIpc) is 3.09. The van der Waals surface area contributed by atoms with Crippen LogP contribution in [0.2, 0.25) is 0 Å². The molecule has 0 aromatic rings. The van der Waals surface area contributed by atoms with Crippen LogP contribution in [-0.4, -0.2) is 30.4 Å². The van der Waals surface area contributed by atoms with Crippen LogP contribution in [0, 0.1) is 34.5 Å². The van der Waals surface area contributed by atoms with Crippen LogP contribution in [0.3, 0.4) is 0 Å². The summed E-state index contributed by atoms with van der Waals surface area (Å²) in [6.45, 7) is 8.50. The summed E-state index contributed by atoms with van der Waals surface area (Å²) in [5.41, 5.74) is 0.754. The van der Waals surface area contributed by atoms with Crippen molar-refractivity contribution in [1.82, 2.24) is 0 Å². The first-order valence-corrected chi connectivity index (χ1v) is 12.1. The number of fused-ring (bicyclic) bond motifs is 5. The quantitative estimate of drug-likeness (QED) is 0.589. The number of hydrogen-bond donors (Lipinski definition) is 0. The fourth-order valence-corrected chi connectivity index (χ4v) is 7.32. The van der Waals surface area contributed by atoms with Gasteiger partial charge in [-0.2, -0.15) is 0 Å². The molecule has 0 radical (unpaired) electrons. The molecule has 0 bridgehead atoms. The van der Waals surface area contributed by atoms with Crippen LogP contribution in [-0.2, 0) is 23.9 Å². The molecule has 5 heteroatoms. The highest BCUT2D eigenvalue weighted by molar-refractivity contribution is 6.01. The van der Waals surface area contributed by atoms with Crippen molar-refractivity contribution in [2.75, 3.05) is 6.61 Å². The molecule has 5 nitrogen and oxygen atoms in total. The molecule has 31 heavy (non-hydrogen) atoms. The molecule has 0 aromatic heterocycles. The Morgan fingerprint density at radius 2 is 1.84 bits per heavy atom. The Bertz CT molecular complexity index is 826. The summed E-state index contributed by atoms with van der Waals surface area (Å²) >= 11 is 0. The summed E-state index contributed by atoms with van der Waals surface area (Å²) in [6.07, 6.45) is 11.3. The molecule has 0 N–H and O–H groups in total. The average molecular weight is 429 g/mol. The second-order valence-electron chi connectivity index (χ2n) is 10.4. The molecular weight excluding hydrogens is 392 g/mol. The summed E-state index contributed by atoms with van der Waals surface area (Å²) in [5, 5.41) is 0. The smallest absolute Gasteiger partial charge is 0.305 e. The molecule has 0 amide bonds. The first-order chi connectivity index (χ1) is 14.7. The summed E-state index contributed by atoms with van der Waals surface area (Å²) in [6, 6.07) is 0. The number of carbonyl (C=O) groups is 3. The lowest BCUT2D eigenvalue weighted by molar-refractivity contribution is -0.160. The van der Waals surface area contributed by atoms with Crippen LogP contribution in [0.5, 0.6) is 0 Å². The van der Waals surface area contributed by atoms with Crippen molar-refractivity contribution in [2.24, 2.45) is 34.5 Å². The zero-order valence-electron chi connectivity index (χ0n) is 19.3. The van der Waals surface area contributed by atoms with E-state index in [0.717, 1.165) is 37.7 Å². The largest absolute Gasteiger partial charge is 0.464 e. The molecule has 7 atom stereocenters. The van der Waals surface area contributed by atoms with Crippen LogP contribution in [0.15, 0.2) is 23.8 Å². The highest BCUT2D eigenvalue weighted by Gasteiger charge is 2.62. The highest BCUT2D eigenvalue weighted by atomic mass is 16.5. The lowest BCUT2D eigenvalue weighted by Crippen LogP contribution is -2.55. The van der Waals surface area contributed by atoms with E-state index in [1.54, 1.807) is 12.2 Å². The third-order valence-corrected chi connectivity index (χ3v) is 8.87. The zero-order valence-corrected chi connectivity index (χ0v) is 19.3.